The minimum absolute atomic E-state index is 0.0418. The minimum Gasteiger partial charge on any atom is -0.313 e. The molecule has 0 fully saturated rings. The fourth-order valence-corrected chi connectivity index (χ4v) is 2.58. The highest BCUT2D eigenvalue weighted by molar-refractivity contribution is 7.92. The van der Waals surface area contributed by atoms with Gasteiger partial charge in [-0.15, -0.1) is 0 Å². The van der Waals surface area contributed by atoms with Crippen LogP contribution in [0.25, 0.3) is 0 Å². The number of nitrogens with zero attached hydrogens (tertiary/aromatic N) is 1. The molecule has 0 spiro atoms. The number of rotatable bonds is 5. The Morgan fingerprint density at radius 2 is 1.89 bits per heavy atom. The number of benzene rings is 1. The van der Waals surface area contributed by atoms with Crippen LogP contribution >= 0.6 is 0 Å². The third-order valence-corrected chi connectivity index (χ3v) is 4.17. The Balaban J connectivity index is 2.16. The van der Waals surface area contributed by atoms with E-state index < -0.39 is 10.0 Å². The highest BCUT2D eigenvalue weighted by atomic mass is 32.2. The number of sulfonamides is 1. The van der Waals surface area contributed by atoms with Gasteiger partial charge < -0.3 is 5.32 Å². The van der Waals surface area contributed by atoms with Crippen molar-refractivity contribution in [2.24, 2.45) is 0 Å². The number of aromatic nitrogens is 2. The number of H-pyrrole nitrogens is 1. The summed E-state index contributed by atoms with van der Waals surface area (Å²) in [6, 6.07) is 8.85. The predicted octanol–water partition coefficient (Wildman–Crippen LogP) is 1.49. The topological polar surface area (TPSA) is 86.9 Å². The molecule has 0 saturated heterocycles. The second-order valence-corrected chi connectivity index (χ2v) is 5.81. The van der Waals surface area contributed by atoms with Crippen LogP contribution in [0.5, 0.6) is 0 Å². The molecule has 1 aromatic heterocycles. The van der Waals surface area contributed by atoms with Crippen LogP contribution in [-0.4, -0.2) is 25.7 Å². The molecule has 7 heteroatoms. The zero-order valence-electron chi connectivity index (χ0n) is 10.7. The summed E-state index contributed by atoms with van der Waals surface area (Å²) in [5.41, 5.74) is 1.61. The highest BCUT2D eigenvalue weighted by Gasteiger charge is 2.15. The van der Waals surface area contributed by atoms with Crippen molar-refractivity contribution >= 4 is 15.7 Å². The largest absolute Gasteiger partial charge is 0.313 e. The Morgan fingerprint density at radius 3 is 2.42 bits per heavy atom. The first-order valence-corrected chi connectivity index (χ1v) is 7.30. The van der Waals surface area contributed by atoms with Gasteiger partial charge in [0.05, 0.1) is 6.20 Å². The van der Waals surface area contributed by atoms with Gasteiger partial charge in [0.25, 0.3) is 10.0 Å². The van der Waals surface area contributed by atoms with E-state index in [0.29, 0.717) is 5.69 Å². The molecule has 2 rings (SSSR count). The smallest absolute Gasteiger partial charge is 0.278 e. The molecule has 0 aliphatic rings. The molecular formula is C12H16N4O2S. The number of hydrogen-bond donors (Lipinski definition) is 3. The lowest BCUT2D eigenvalue weighted by molar-refractivity contribution is 0.597. The van der Waals surface area contributed by atoms with Gasteiger partial charge in [-0.25, -0.2) is 0 Å². The van der Waals surface area contributed by atoms with Crippen LogP contribution in [0, 0.1) is 0 Å². The van der Waals surface area contributed by atoms with E-state index in [9.17, 15) is 8.42 Å². The Morgan fingerprint density at radius 1 is 1.21 bits per heavy atom. The molecule has 102 valence electrons. The van der Waals surface area contributed by atoms with Crippen molar-refractivity contribution in [1.82, 2.24) is 15.5 Å². The first kappa shape index (κ1) is 13.6. The monoisotopic (exact) mass is 280 g/mol. The van der Waals surface area contributed by atoms with Crippen molar-refractivity contribution in [3.05, 3.63) is 42.1 Å². The lowest BCUT2D eigenvalue weighted by Crippen LogP contribution is -2.14. The van der Waals surface area contributed by atoms with Gasteiger partial charge in [-0.3, -0.25) is 9.82 Å². The number of nitrogens with one attached hydrogen (secondary N) is 3. The van der Waals surface area contributed by atoms with Gasteiger partial charge in [0.15, 0.2) is 5.03 Å². The van der Waals surface area contributed by atoms with E-state index in [-0.39, 0.29) is 11.1 Å². The average molecular weight is 280 g/mol. The maximum Gasteiger partial charge on any atom is 0.278 e. The normalized spacial score (nSPS) is 13.2. The number of aromatic amines is 1. The van der Waals surface area contributed by atoms with Crippen LogP contribution in [0.2, 0.25) is 0 Å². The molecule has 2 aromatic rings. The van der Waals surface area contributed by atoms with E-state index in [1.54, 1.807) is 12.1 Å². The number of hydrogen-bond acceptors (Lipinski definition) is 4. The fourth-order valence-electron chi connectivity index (χ4n) is 1.61. The molecule has 0 saturated carbocycles. The van der Waals surface area contributed by atoms with Gasteiger partial charge in [-0.1, -0.05) is 12.1 Å². The molecule has 1 heterocycles. The van der Waals surface area contributed by atoms with Crippen LogP contribution < -0.4 is 10.0 Å². The molecule has 1 atom stereocenters. The lowest BCUT2D eigenvalue weighted by atomic mass is 10.1. The summed E-state index contributed by atoms with van der Waals surface area (Å²) < 4.78 is 26.4. The summed E-state index contributed by atoms with van der Waals surface area (Å²) in [6.07, 6.45) is 1.40. The predicted molar refractivity (Wildman–Crippen MR) is 73.3 cm³/mol. The van der Waals surface area contributed by atoms with Gasteiger partial charge >= 0.3 is 0 Å². The Kier molecular flexibility index (Phi) is 3.87. The van der Waals surface area contributed by atoms with Gasteiger partial charge in [-0.2, -0.15) is 13.5 Å². The second-order valence-electron chi connectivity index (χ2n) is 4.16. The van der Waals surface area contributed by atoms with E-state index in [1.807, 2.05) is 26.1 Å². The Bertz CT molecular complexity index is 620. The first-order valence-electron chi connectivity index (χ1n) is 5.82. The summed E-state index contributed by atoms with van der Waals surface area (Å²) in [5.74, 6) is 0. The maximum absolute atomic E-state index is 11.9. The van der Waals surface area contributed by atoms with Crippen LogP contribution in [0.15, 0.2) is 41.6 Å². The third-order valence-electron chi connectivity index (χ3n) is 2.86. The fraction of sp³-hybridized carbons (Fsp3) is 0.250. The van der Waals surface area contributed by atoms with E-state index in [0.717, 1.165) is 5.56 Å². The van der Waals surface area contributed by atoms with Gasteiger partial charge in [0.2, 0.25) is 0 Å². The van der Waals surface area contributed by atoms with Crippen LogP contribution in [0.1, 0.15) is 18.5 Å². The molecule has 0 amide bonds. The van der Waals surface area contributed by atoms with Crippen molar-refractivity contribution in [2.75, 3.05) is 11.8 Å². The van der Waals surface area contributed by atoms with Crippen molar-refractivity contribution in [1.29, 1.82) is 0 Å². The molecule has 19 heavy (non-hydrogen) atoms. The van der Waals surface area contributed by atoms with E-state index in [4.69, 9.17) is 0 Å². The lowest BCUT2D eigenvalue weighted by Gasteiger charge is -2.11. The van der Waals surface area contributed by atoms with E-state index in [1.165, 1.54) is 12.3 Å². The first-order chi connectivity index (χ1) is 9.03. The summed E-state index contributed by atoms with van der Waals surface area (Å²) in [4.78, 5) is 0. The standard InChI is InChI=1S/C12H16N4O2S/c1-9(13-2)10-3-5-11(6-4-10)16-19(17,18)12-7-8-14-15-12/h3-9,13,16H,1-2H3,(H,14,15). The van der Waals surface area contributed by atoms with E-state index in [2.05, 4.69) is 20.2 Å². The zero-order valence-corrected chi connectivity index (χ0v) is 11.5. The molecule has 0 aliphatic heterocycles. The molecular weight excluding hydrogens is 264 g/mol. The molecule has 0 radical (unpaired) electrons. The quantitative estimate of drug-likeness (QED) is 0.774. The highest BCUT2D eigenvalue weighted by Crippen LogP contribution is 2.18. The summed E-state index contributed by atoms with van der Waals surface area (Å²) >= 11 is 0. The minimum atomic E-state index is -3.59. The third kappa shape index (κ3) is 3.12. The van der Waals surface area contributed by atoms with Crippen molar-refractivity contribution in [3.63, 3.8) is 0 Å². The Hall–Kier alpha value is -1.86. The molecule has 6 nitrogen and oxygen atoms in total. The number of anilines is 1. The van der Waals surface area contributed by atoms with Crippen molar-refractivity contribution in [3.8, 4) is 0 Å². The molecule has 3 N–H and O–H groups in total. The summed E-state index contributed by atoms with van der Waals surface area (Å²) in [6.45, 7) is 2.03. The molecule has 1 unspecified atom stereocenters. The summed E-state index contributed by atoms with van der Waals surface area (Å²) in [7, 11) is -1.72. The molecule has 1 aromatic carbocycles. The van der Waals surface area contributed by atoms with Gasteiger partial charge in [-0.05, 0) is 37.7 Å². The molecule has 0 bridgehead atoms. The zero-order chi connectivity index (χ0) is 13.9. The van der Waals surface area contributed by atoms with Crippen molar-refractivity contribution in [2.45, 2.75) is 18.0 Å². The Labute approximate surface area is 112 Å². The van der Waals surface area contributed by atoms with Gasteiger partial charge in [0.1, 0.15) is 0 Å². The van der Waals surface area contributed by atoms with Crippen molar-refractivity contribution < 1.29 is 8.42 Å². The SMILES string of the molecule is CNC(C)c1ccc(NS(=O)(=O)c2ccn[nH]2)cc1. The van der Waals surface area contributed by atoms with Crippen LogP contribution in [0.3, 0.4) is 0 Å². The van der Waals surface area contributed by atoms with E-state index >= 15 is 0 Å². The maximum atomic E-state index is 11.9. The van der Waals surface area contributed by atoms with Crippen LogP contribution in [0.4, 0.5) is 5.69 Å². The van der Waals surface area contributed by atoms with Crippen LogP contribution in [-0.2, 0) is 10.0 Å². The average Bonchev–Trinajstić information content (AvgIpc) is 2.93. The second kappa shape index (κ2) is 5.41. The van der Waals surface area contributed by atoms with Gasteiger partial charge in [0, 0.05) is 11.7 Å². The molecule has 0 aliphatic carbocycles. The summed E-state index contributed by atoms with van der Waals surface area (Å²) in [5, 5.41) is 9.21.